The molecule has 31 heavy (non-hydrogen) atoms. The zero-order valence-corrected chi connectivity index (χ0v) is 18.6. The molecule has 1 atom stereocenters. The van der Waals surface area contributed by atoms with Crippen molar-refractivity contribution in [2.75, 3.05) is 47.1 Å². The zero-order valence-electron chi connectivity index (χ0n) is 18.6. The number of likely N-dealkylation sites (tertiary alicyclic amines) is 1. The Kier molecular flexibility index (Phi) is 8.41. The first-order chi connectivity index (χ1) is 15.1. The lowest BCUT2D eigenvalue weighted by Crippen LogP contribution is -2.38. The second-order valence-electron chi connectivity index (χ2n) is 7.34. The van der Waals surface area contributed by atoms with Crippen molar-refractivity contribution in [3.8, 4) is 23.0 Å². The number of amides is 1. The molecule has 2 aromatic carbocycles. The van der Waals surface area contributed by atoms with Crippen molar-refractivity contribution in [3.05, 3.63) is 48.0 Å². The van der Waals surface area contributed by atoms with Gasteiger partial charge in [-0.25, -0.2) is 0 Å². The highest BCUT2D eigenvalue weighted by molar-refractivity contribution is 5.78. The Morgan fingerprint density at radius 1 is 1.03 bits per heavy atom. The Bertz CT molecular complexity index is 840. The molecule has 1 saturated heterocycles. The van der Waals surface area contributed by atoms with E-state index in [4.69, 9.17) is 18.9 Å². The minimum absolute atomic E-state index is 0.0101. The lowest BCUT2D eigenvalue weighted by molar-refractivity contribution is -0.122. The molecule has 0 bridgehead atoms. The minimum Gasteiger partial charge on any atom is -0.497 e. The number of nitrogens with one attached hydrogen (secondary N) is 1. The van der Waals surface area contributed by atoms with Crippen LogP contribution >= 0.6 is 0 Å². The third-order valence-electron chi connectivity index (χ3n) is 5.33. The van der Waals surface area contributed by atoms with E-state index in [0.717, 1.165) is 47.9 Å². The van der Waals surface area contributed by atoms with Crippen LogP contribution in [-0.2, 0) is 4.79 Å². The maximum Gasteiger partial charge on any atom is 0.234 e. The van der Waals surface area contributed by atoms with E-state index < -0.39 is 0 Å². The van der Waals surface area contributed by atoms with Crippen LogP contribution < -0.4 is 24.3 Å². The molecule has 1 aliphatic heterocycles. The summed E-state index contributed by atoms with van der Waals surface area (Å²) in [6.45, 7) is 4.66. The van der Waals surface area contributed by atoms with Crippen LogP contribution in [0.25, 0.3) is 0 Å². The maximum atomic E-state index is 12.5. The van der Waals surface area contributed by atoms with Crippen LogP contribution in [0.1, 0.15) is 31.4 Å². The van der Waals surface area contributed by atoms with Gasteiger partial charge in [0.05, 0.1) is 33.9 Å². The number of hydrogen-bond acceptors (Lipinski definition) is 6. The van der Waals surface area contributed by atoms with E-state index in [1.807, 2.05) is 49.4 Å². The summed E-state index contributed by atoms with van der Waals surface area (Å²) >= 11 is 0. The molecule has 0 spiro atoms. The summed E-state index contributed by atoms with van der Waals surface area (Å²) < 4.78 is 22.0. The first-order valence-electron chi connectivity index (χ1n) is 10.7. The lowest BCUT2D eigenvalue weighted by atomic mass is 10.0. The third kappa shape index (κ3) is 6.28. The molecule has 0 aromatic heterocycles. The lowest BCUT2D eigenvalue weighted by Gasteiger charge is -2.26. The van der Waals surface area contributed by atoms with Gasteiger partial charge >= 0.3 is 0 Å². The van der Waals surface area contributed by atoms with Crippen molar-refractivity contribution >= 4 is 5.91 Å². The number of hydrogen-bond donors (Lipinski definition) is 1. The van der Waals surface area contributed by atoms with Crippen molar-refractivity contribution in [2.24, 2.45) is 0 Å². The van der Waals surface area contributed by atoms with Gasteiger partial charge in [0, 0.05) is 11.6 Å². The maximum absolute atomic E-state index is 12.5. The number of benzene rings is 2. The SMILES string of the molecule is CCOc1ccc(OCCNC(=O)CN2CCC[C@H]2c2cc(OC)ccc2OC)cc1. The van der Waals surface area contributed by atoms with E-state index in [2.05, 4.69) is 10.2 Å². The highest BCUT2D eigenvalue weighted by Crippen LogP contribution is 2.38. The van der Waals surface area contributed by atoms with Crippen LogP contribution in [-0.4, -0.2) is 57.9 Å². The Hall–Kier alpha value is -2.93. The second-order valence-corrected chi connectivity index (χ2v) is 7.34. The summed E-state index contributed by atoms with van der Waals surface area (Å²) in [6.07, 6.45) is 2.02. The number of carbonyl (C=O) groups is 1. The van der Waals surface area contributed by atoms with E-state index in [0.29, 0.717) is 26.3 Å². The van der Waals surface area contributed by atoms with E-state index in [1.165, 1.54) is 0 Å². The first-order valence-corrected chi connectivity index (χ1v) is 10.7. The van der Waals surface area contributed by atoms with Crippen molar-refractivity contribution < 1.29 is 23.7 Å². The topological polar surface area (TPSA) is 69.3 Å². The quantitative estimate of drug-likeness (QED) is 0.553. The summed E-state index contributed by atoms with van der Waals surface area (Å²) in [5.41, 5.74) is 1.06. The molecule has 1 aliphatic rings. The van der Waals surface area contributed by atoms with Crippen molar-refractivity contribution in [2.45, 2.75) is 25.8 Å². The average Bonchev–Trinajstić information content (AvgIpc) is 3.25. The summed E-state index contributed by atoms with van der Waals surface area (Å²) in [7, 11) is 3.32. The number of ether oxygens (including phenoxy) is 4. The van der Waals surface area contributed by atoms with Crippen molar-refractivity contribution in [3.63, 3.8) is 0 Å². The highest BCUT2D eigenvalue weighted by Gasteiger charge is 2.30. The van der Waals surface area contributed by atoms with Crippen molar-refractivity contribution in [1.29, 1.82) is 0 Å². The fourth-order valence-electron chi connectivity index (χ4n) is 3.87. The fourth-order valence-corrected chi connectivity index (χ4v) is 3.87. The molecule has 1 amide bonds. The molecule has 1 N–H and O–H groups in total. The number of carbonyl (C=O) groups excluding carboxylic acids is 1. The summed E-state index contributed by atoms with van der Waals surface area (Å²) in [4.78, 5) is 14.7. The molecular formula is C24H32N2O5. The van der Waals surface area contributed by atoms with Gasteiger partial charge in [-0.1, -0.05) is 0 Å². The Balaban J connectivity index is 1.47. The van der Waals surface area contributed by atoms with Crippen LogP contribution in [0.4, 0.5) is 0 Å². The monoisotopic (exact) mass is 428 g/mol. The summed E-state index contributed by atoms with van der Waals surface area (Å²) in [5.74, 6) is 3.17. The van der Waals surface area contributed by atoms with Gasteiger partial charge in [-0.2, -0.15) is 0 Å². The summed E-state index contributed by atoms with van der Waals surface area (Å²) in [5, 5.41) is 2.95. The third-order valence-corrected chi connectivity index (χ3v) is 5.33. The predicted octanol–water partition coefficient (Wildman–Crippen LogP) is 3.43. The smallest absolute Gasteiger partial charge is 0.234 e. The number of rotatable bonds is 11. The zero-order chi connectivity index (χ0) is 22.1. The molecule has 7 heteroatoms. The molecule has 1 heterocycles. The summed E-state index contributed by atoms with van der Waals surface area (Å²) in [6, 6.07) is 13.4. The Morgan fingerprint density at radius 2 is 1.74 bits per heavy atom. The average molecular weight is 429 g/mol. The van der Waals surface area contributed by atoms with Crippen LogP contribution in [0.2, 0.25) is 0 Å². The Labute approximate surface area is 184 Å². The van der Waals surface area contributed by atoms with Gasteiger partial charge in [-0.3, -0.25) is 9.69 Å². The first kappa shape index (κ1) is 22.7. The number of methoxy groups -OCH3 is 2. The van der Waals surface area contributed by atoms with E-state index >= 15 is 0 Å². The molecule has 168 valence electrons. The Morgan fingerprint density at radius 3 is 2.42 bits per heavy atom. The van der Waals surface area contributed by atoms with Gasteiger partial charge in [0.25, 0.3) is 0 Å². The second kappa shape index (κ2) is 11.5. The van der Waals surface area contributed by atoms with Gasteiger partial charge in [0.2, 0.25) is 5.91 Å². The molecule has 0 aliphatic carbocycles. The molecule has 0 radical (unpaired) electrons. The standard InChI is InChI=1S/C24H32N2O5/c1-4-30-18-7-9-19(10-8-18)31-15-13-25-24(27)17-26-14-5-6-22(26)21-16-20(28-2)11-12-23(21)29-3/h7-12,16,22H,4-6,13-15,17H2,1-3H3,(H,25,27)/t22-/m0/s1. The van der Waals surface area contributed by atoms with Crippen LogP contribution in [0.5, 0.6) is 23.0 Å². The highest BCUT2D eigenvalue weighted by atomic mass is 16.5. The van der Waals surface area contributed by atoms with E-state index in [1.54, 1.807) is 14.2 Å². The van der Waals surface area contributed by atoms with Gasteiger partial charge in [0.1, 0.15) is 29.6 Å². The van der Waals surface area contributed by atoms with Crippen LogP contribution in [0, 0.1) is 0 Å². The van der Waals surface area contributed by atoms with Gasteiger partial charge in [-0.05, 0) is 68.8 Å². The molecule has 1 fully saturated rings. The fraction of sp³-hybridized carbons (Fsp3) is 0.458. The largest absolute Gasteiger partial charge is 0.497 e. The normalized spacial score (nSPS) is 16.0. The van der Waals surface area contributed by atoms with Crippen LogP contribution in [0.3, 0.4) is 0 Å². The van der Waals surface area contributed by atoms with Gasteiger partial charge < -0.3 is 24.3 Å². The molecule has 3 rings (SSSR count). The van der Waals surface area contributed by atoms with E-state index in [-0.39, 0.29) is 11.9 Å². The van der Waals surface area contributed by atoms with Gasteiger partial charge in [-0.15, -0.1) is 0 Å². The molecule has 0 unspecified atom stereocenters. The molecular weight excluding hydrogens is 396 g/mol. The van der Waals surface area contributed by atoms with Gasteiger partial charge in [0.15, 0.2) is 0 Å². The number of nitrogens with zero attached hydrogens (tertiary/aromatic N) is 1. The van der Waals surface area contributed by atoms with E-state index in [9.17, 15) is 4.79 Å². The van der Waals surface area contributed by atoms with Crippen molar-refractivity contribution in [1.82, 2.24) is 10.2 Å². The predicted molar refractivity (Wildman–Crippen MR) is 119 cm³/mol. The van der Waals surface area contributed by atoms with Crippen LogP contribution in [0.15, 0.2) is 42.5 Å². The molecule has 7 nitrogen and oxygen atoms in total. The molecule has 0 saturated carbocycles. The minimum atomic E-state index is -0.0101. The molecule has 2 aromatic rings.